The molecule has 1 N–H and O–H groups in total. The molecule has 0 heterocycles. The number of hydrogen-bond acceptors (Lipinski definition) is 1. The minimum atomic E-state index is -1.20. The van der Waals surface area contributed by atoms with Gasteiger partial charge < -0.3 is 5.11 Å². The van der Waals surface area contributed by atoms with Crippen LogP contribution in [0.4, 0.5) is 0 Å². The first kappa shape index (κ1) is 10.1. The van der Waals surface area contributed by atoms with Gasteiger partial charge >= 0.3 is 5.97 Å². The van der Waals surface area contributed by atoms with Crippen LogP contribution in [0.3, 0.4) is 0 Å². The third kappa shape index (κ3) is 2.79. The summed E-state index contributed by atoms with van der Waals surface area (Å²) >= 11 is 0. The summed E-state index contributed by atoms with van der Waals surface area (Å²) in [6.45, 7) is 6.61. The summed E-state index contributed by atoms with van der Waals surface area (Å²) in [7, 11) is 1.60. The van der Waals surface area contributed by atoms with Crippen molar-refractivity contribution in [2.45, 2.75) is 0 Å². The molecule has 1 aromatic carbocycles. The molecule has 0 aliphatic rings. The lowest BCUT2D eigenvalue weighted by Gasteiger charge is -1.93. The summed E-state index contributed by atoms with van der Waals surface area (Å²) < 4.78 is 0. The Morgan fingerprint density at radius 2 is 2.07 bits per heavy atom. The number of carboxylic acids is 1. The summed E-state index contributed by atoms with van der Waals surface area (Å²) in [5.41, 5.74) is 0.587. The van der Waals surface area contributed by atoms with Crippen molar-refractivity contribution >= 4 is 18.7 Å². The third-order valence-corrected chi connectivity index (χ3v) is 1.57. The first-order valence-electron chi connectivity index (χ1n) is 3.95. The van der Waals surface area contributed by atoms with E-state index in [0.29, 0.717) is 0 Å². The van der Waals surface area contributed by atoms with Crippen molar-refractivity contribution in [2.75, 3.05) is 0 Å². The molecule has 1 rings (SSSR count). The molecule has 1 aromatic rings. The molecule has 0 amide bonds. The Morgan fingerprint density at radius 1 is 1.43 bits per heavy atom. The van der Waals surface area contributed by atoms with Gasteiger partial charge in [0.1, 0.15) is 0 Å². The van der Waals surface area contributed by atoms with Crippen LogP contribution in [0.2, 0.25) is 0 Å². The molecule has 0 atom stereocenters. The highest BCUT2D eigenvalue weighted by Gasteiger charge is 2.05. The van der Waals surface area contributed by atoms with E-state index in [2.05, 4.69) is 4.85 Å². The average molecular weight is 184 g/mol. The van der Waals surface area contributed by atoms with Gasteiger partial charge in [0.05, 0.1) is 6.57 Å². The number of hydrogen-bond donors (Lipinski definition) is 1. The van der Waals surface area contributed by atoms with Gasteiger partial charge in [0.15, 0.2) is 7.28 Å². The van der Waals surface area contributed by atoms with Gasteiger partial charge in [0.2, 0.25) is 0 Å². The first-order valence-corrected chi connectivity index (χ1v) is 3.95. The number of benzene rings is 1. The Labute approximate surface area is 82.7 Å². The zero-order valence-corrected chi connectivity index (χ0v) is 7.34. The molecule has 0 aliphatic heterocycles. The van der Waals surface area contributed by atoms with Crippen LogP contribution in [0.1, 0.15) is 0 Å². The predicted octanol–water partition coefficient (Wildman–Crippen LogP) is 0.861. The van der Waals surface area contributed by atoms with E-state index in [-0.39, 0.29) is 5.70 Å². The minimum Gasteiger partial charge on any atom is -0.486 e. The molecule has 0 fully saturated rings. The van der Waals surface area contributed by atoms with Crippen molar-refractivity contribution in [3.05, 3.63) is 53.4 Å². The van der Waals surface area contributed by atoms with Crippen LogP contribution in [0, 0.1) is 6.57 Å². The number of carbonyl (C=O) groups is 1. The molecule has 0 aromatic heterocycles. The molecule has 0 bridgehead atoms. The quantitative estimate of drug-likeness (QED) is 0.430. The van der Waals surface area contributed by atoms with E-state index >= 15 is 0 Å². The summed E-state index contributed by atoms with van der Waals surface area (Å²) in [4.78, 5) is 13.3. The number of aliphatic carboxylic acids is 1. The highest BCUT2D eigenvalue weighted by Crippen LogP contribution is 1.94. The van der Waals surface area contributed by atoms with Crippen LogP contribution in [0.15, 0.2) is 42.0 Å². The van der Waals surface area contributed by atoms with Gasteiger partial charge in [-0.3, -0.25) is 4.79 Å². The molecular weight excluding hydrogens is 177 g/mol. The highest BCUT2D eigenvalue weighted by atomic mass is 16.4. The molecule has 3 nitrogen and oxygen atoms in total. The summed E-state index contributed by atoms with van der Waals surface area (Å²) in [6.07, 6.45) is 0. The summed E-state index contributed by atoms with van der Waals surface area (Å²) in [5, 5.41) is 8.55. The van der Waals surface area contributed by atoms with Gasteiger partial charge in [0, 0.05) is 0 Å². The number of carboxylic acid groups (broad SMARTS) is 1. The fraction of sp³-hybridized carbons (Fsp3) is 0. The predicted molar refractivity (Wildman–Crippen MR) is 54.2 cm³/mol. The Kier molecular flexibility index (Phi) is 3.51. The maximum absolute atomic E-state index is 10.4. The zero-order chi connectivity index (χ0) is 10.4. The SMILES string of the molecule is [C-]#[N+]C(=C[B]c1ccccc1)C(=O)O. The topological polar surface area (TPSA) is 41.7 Å². The Bertz CT molecular complexity index is 392. The molecular formula is C10H7BNO2. The standard InChI is InChI=1S/C10H7BNO2/c1-12-9(10(13)14)7-11-8-5-3-2-4-6-8/h2-7H,(H,13,14). The van der Waals surface area contributed by atoms with Crippen molar-refractivity contribution in [1.82, 2.24) is 0 Å². The van der Waals surface area contributed by atoms with Gasteiger partial charge in [-0.1, -0.05) is 35.8 Å². The van der Waals surface area contributed by atoms with E-state index in [9.17, 15) is 4.79 Å². The van der Waals surface area contributed by atoms with Crippen LogP contribution in [-0.2, 0) is 4.79 Å². The molecule has 4 heteroatoms. The van der Waals surface area contributed by atoms with E-state index in [1.807, 2.05) is 30.3 Å². The van der Waals surface area contributed by atoms with Gasteiger partial charge in [0.25, 0.3) is 5.70 Å². The van der Waals surface area contributed by atoms with E-state index in [0.717, 1.165) is 5.46 Å². The van der Waals surface area contributed by atoms with Crippen LogP contribution >= 0.6 is 0 Å². The minimum absolute atomic E-state index is 0.283. The Hall–Kier alpha value is -2.02. The molecule has 0 saturated heterocycles. The maximum atomic E-state index is 10.4. The van der Waals surface area contributed by atoms with Crippen molar-refractivity contribution in [3.8, 4) is 0 Å². The second-order valence-corrected chi connectivity index (χ2v) is 2.55. The maximum Gasteiger partial charge on any atom is 0.332 e. The molecule has 1 radical (unpaired) electrons. The second-order valence-electron chi connectivity index (χ2n) is 2.55. The third-order valence-electron chi connectivity index (χ3n) is 1.57. The normalized spacial score (nSPS) is 10.4. The zero-order valence-electron chi connectivity index (χ0n) is 7.34. The van der Waals surface area contributed by atoms with E-state index in [1.54, 1.807) is 7.28 Å². The van der Waals surface area contributed by atoms with Crippen molar-refractivity contribution < 1.29 is 9.90 Å². The molecule has 0 spiro atoms. The second kappa shape index (κ2) is 4.88. The first-order chi connectivity index (χ1) is 6.74. The smallest absolute Gasteiger partial charge is 0.332 e. The lowest BCUT2D eigenvalue weighted by Crippen LogP contribution is -2.12. The Balaban J connectivity index is 2.73. The highest BCUT2D eigenvalue weighted by molar-refractivity contribution is 6.59. The number of rotatable bonds is 3. The fourth-order valence-corrected chi connectivity index (χ4v) is 0.896. The average Bonchev–Trinajstić information content (AvgIpc) is 2.20. The van der Waals surface area contributed by atoms with E-state index < -0.39 is 5.97 Å². The fourth-order valence-electron chi connectivity index (χ4n) is 0.896. The van der Waals surface area contributed by atoms with E-state index in [4.69, 9.17) is 11.7 Å². The Morgan fingerprint density at radius 3 is 2.57 bits per heavy atom. The number of nitrogens with zero attached hydrogens (tertiary/aromatic N) is 1. The van der Waals surface area contributed by atoms with Crippen LogP contribution in [-0.4, -0.2) is 18.4 Å². The van der Waals surface area contributed by atoms with Crippen LogP contribution in [0.5, 0.6) is 0 Å². The van der Waals surface area contributed by atoms with Crippen LogP contribution in [0.25, 0.3) is 4.85 Å². The van der Waals surface area contributed by atoms with Gasteiger partial charge in [-0.05, 0) is 0 Å². The largest absolute Gasteiger partial charge is 0.486 e. The molecule has 0 unspecified atom stereocenters. The molecule has 0 aliphatic carbocycles. The van der Waals surface area contributed by atoms with Gasteiger partial charge in [-0.2, -0.15) is 0 Å². The van der Waals surface area contributed by atoms with Gasteiger partial charge in [-0.15, -0.1) is 5.98 Å². The summed E-state index contributed by atoms with van der Waals surface area (Å²) in [5.74, 6) is 0.0946. The van der Waals surface area contributed by atoms with Crippen molar-refractivity contribution in [1.29, 1.82) is 0 Å². The van der Waals surface area contributed by atoms with Gasteiger partial charge in [-0.25, -0.2) is 4.85 Å². The lowest BCUT2D eigenvalue weighted by molar-refractivity contribution is -0.132. The van der Waals surface area contributed by atoms with Crippen molar-refractivity contribution in [3.63, 3.8) is 0 Å². The molecule has 14 heavy (non-hydrogen) atoms. The molecule has 67 valence electrons. The summed E-state index contributed by atoms with van der Waals surface area (Å²) in [6, 6.07) is 9.23. The lowest BCUT2D eigenvalue weighted by atomic mass is 9.70. The van der Waals surface area contributed by atoms with Crippen LogP contribution < -0.4 is 5.46 Å². The molecule has 0 saturated carbocycles. The van der Waals surface area contributed by atoms with Crippen molar-refractivity contribution in [2.24, 2.45) is 0 Å². The monoisotopic (exact) mass is 184 g/mol. The van der Waals surface area contributed by atoms with E-state index in [1.165, 1.54) is 5.98 Å².